The minimum absolute atomic E-state index is 0.0869. The first-order chi connectivity index (χ1) is 8.70. The van der Waals surface area contributed by atoms with Crippen LogP contribution in [0.1, 0.15) is 15.2 Å². The molecule has 1 heterocycles. The Balaban J connectivity index is 2.21. The number of anilines is 1. The van der Waals surface area contributed by atoms with Crippen LogP contribution in [0.2, 0.25) is 0 Å². The van der Waals surface area contributed by atoms with Crippen LogP contribution in [0.25, 0.3) is 0 Å². The van der Waals surface area contributed by atoms with Crippen LogP contribution in [0.3, 0.4) is 0 Å². The first-order valence-corrected chi connectivity index (χ1v) is 6.08. The van der Waals surface area contributed by atoms with E-state index in [0.29, 0.717) is 24.1 Å². The van der Waals surface area contributed by atoms with E-state index in [1.165, 1.54) is 6.07 Å². The van der Waals surface area contributed by atoms with Crippen LogP contribution in [0.15, 0.2) is 35.7 Å². The zero-order valence-corrected chi connectivity index (χ0v) is 10.1. The molecule has 1 N–H and O–H groups in total. The summed E-state index contributed by atoms with van der Waals surface area (Å²) in [4.78, 5) is 22.1. The van der Waals surface area contributed by atoms with Crippen molar-refractivity contribution in [2.45, 2.75) is 6.54 Å². The quantitative estimate of drug-likeness (QED) is 0.510. The molecule has 1 aromatic heterocycles. The van der Waals surface area contributed by atoms with Gasteiger partial charge in [0.1, 0.15) is 12.0 Å². The Hall–Kier alpha value is -2.21. The molecule has 0 aliphatic rings. The summed E-state index contributed by atoms with van der Waals surface area (Å²) < 4.78 is 0. The van der Waals surface area contributed by atoms with Gasteiger partial charge >= 0.3 is 0 Å². The van der Waals surface area contributed by atoms with E-state index in [0.717, 1.165) is 4.88 Å². The van der Waals surface area contributed by atoms with Gasteiger partial charge in [0.15, 0.2) is 0 Å². The lowest BCUT2D eigenvalue weighted by atomic mass is 10.2. The zero-order valence-electron chi connectivity index (χ0n) is 9.33. The molecule has 0 atom stereocenters. The van der Waals surface area contributed by atoms with Crippen molar-refractivity contribution in [2.75, 3.05) is 5.32 Å². The minimum atomic E-state index is -0.496. The van der Waals surface area contributed by atoms with E-state index in [1.54, 1.807) is 23.5 Å². The normalized spacial score (nSPS) is 10.0. The molecule has 0 unspecified atom stereocenters. The van der Waals surface area contributed by atoms with Gasteiger partial charge < -0.3 is 5.32 Å². The molecule has 0 amide bonds. The minimum Gasteiger partial charge on any atom is -0.375 e. The van der Waals surface area contributed by atoms with Crippen molar-refractivity contribution in [1.29, 1.82) is 0 Å². The van der Waals surface area contributed by atoms with Crippen molar-refractivity contribution in [1.82, 2.24) is 0 Å². The van der Waals surface area contributed by atoms with Gasteiger partial charge in [0, 0.05) is 23.1 Å². The molecular weight excluding hydrogens is 252 g/mol. The number of nitro groups is 1. The Morgan fingerprint density at radius 1 is 1.39 bits per heavy atom. The predicted octanol–water partition coefficient (Wildman–Crippen LogP) is 3.08. The van der Waals surface area contributed by atoms with E-state index in [1.807, 2.05) is 17.5 Å². The average molecular weight is 262 g/mol. The summed E-state index contributed by atoms with van der Waals surface area (Å²) >= 11 is 1.58. The van der Waals surface area contributed by atoms with Gasteiger partial charge in [0.25, 0.3) is 5.69 Å². The highest BCUT2D eigenvalue weighted by atomic mass is 32.1. The zero-order chi connectivity index (χ0) is 13.0. The molecule has 0 saturated heterocycles. The maximum absolute atomic E-state index is 10.9. The monoisotopic (exact) mass is 262 g/mol. The van der Waals surface area contributed by atoms with Crippen LogP contribution in [-0.2, 0) is 6.54 Å². The van der Waals surface area contributed by atoms with Crippen LogP contribution in [0.5, 0.6) is 0 Å². The topological polar surface area (TPSA) is 72.2 Å². The third-order valence-corrected chi connectivity index (χ3v) is 3.26. The van der Waals surface area contributed by atoms with Gasteiger partial charge in [-0.1, -0.05) is 6.07 Å². The molecule has 0 aliphatic heterocycles. The third-order valence-electron chi connectivity index (χ3n) is 2.39. The molecule has 0 radical (unpaired) electrons. The Kier molecular flexibility index (Phi) is 3.69. The maximum Gasteiger partial charge on any atom is 0.293 e. The lowest BCUT2D eigenvalue weighted by molar-refractivity contribution is -0.384. The fraction of sp³-hybridized carbons (Fsp3) is 0.0833. The summed E-state index contributed by atoms with van der Waals surface area (Å²) in [6, 6.07) is 8.24. The highest BCUT2D eigenvalue weighted by Gasteiger charge is 2.14. The molecule has 5 nitrogen and oxygen atoms in total. The number of nitrogens with one attached hydrogen (secondary N) is 1. The van der Waals surface area contributed by atoms with E-state index in [2.05, 4.69) is 5.32 Å². The SMILES string of the molecule is O=Cc1ccc(NCc2cccs2)c([N+](=O)[O-])c1. The van der Waals surface area contributed by atoms with Crippen molar-refractivity contribution < 1.29 is 9.72 Å². The first kappa shape index (κ1) is 12.3. The van der Waals surface area contributed by atoms with Gasteiger partial charge in [-0.3, -0.25) is 14.9 Å². The number of benzene rings is 1. The molecule has 2 rings (SSSR count). The number of nitrogens with zero attached hydrogens (tertiary/aromatic N) is 1. The molecular formula is C12H10N2O3S. The van der Waals surface area contributed by atoms with Gasteiger partial charge in [-0.2, -0.15) is 0 Å². The smallest absolute Gasteiger partial charge is 0.293 e. The standard InChI is InChI=1S/C12H10N2O3S/c15-8-9-3-4-11(12(6-9)14(16)17)13-7-10-2-1-5-18-10/h1-6,8,13H,7H2. The Morgan fingerprint density at radius 3 is 2.83 bits per heavy atom. The number of carbonyl (C=O) groups is 1. The van der Waals surface area contributed by atoms with E-state index in [9.17, 15) is 14.9 Å². The molecule has 0 saturated carbocycles. The number of carbonyl (C=O) groups excluding carboxylic acids is 1. The molecule has 0 fully saturated rings. The summed E-state index contributed by atoms with van der Waals surface area (Å²) in [5.41, 5.74) is 0.624. The second-order valence-corrected chi connectivity index (χ2v) is 4.62. The van der Waals surface area contributed by atoms with E-state index < -0.39 is 4.92 Å². The van der Waals surface area contributed by atoms with E-state index in [-0.39, 0.29) is 5.69 Å². The molecule has 18 heavy (non-hydrogen) atoms. The molecule has 0 spiro atoms. The summed E-state index contributed by atoms with van der Waals surface area (Å²) in [5, 5.41) is 15.8. The lowest BCUT2D eigenvalue weighted by Gasteiger charge is -2.06. The third kappa shape index (κ3) is 2.72. The second kappa shape index (κ2) is 5.42. The second-order valence-electron chi connectivity index (χ2n) is 3.58. The maximum atomic E-state index is 10.9. The summed E-state index contributed by atoms with van der Waals surface area (Å²) in [6.07, 6.45) is 0.593. The Labute approximate surface area is 107 Å². The molecule has 1 aromatic carbocycles. The largest absolute Gasteiger partial charge is 0.375 e. The number of hydrogen-bond donors (Lipinski definition) is 1. The molecule has 2 aromatic rings. The van der Waals surface area contributed by atoms with Crippen molar-refractivity contribution in [2.24, 2.45) is 0 Å². The summed E-state index contributed by atoms with van der Waals surface area (Å²) in [7, 11) is 0. The van der Waals surface area contributed by atoms with Crippen LogP contribution in [0, 0.1) is 10.1 Å². The van der Waals surface area contributed by atoms with Crippen LogP contribution in [0.4, 0.5) is 11.4 Å². The highest BCUT2D eigenvalue weighted by molar-refractivity contribution is 7.09. The fourth-order valence-electron chi connectivity index (χ4n) is 1.52. The van der Waals surface area contributed by atoms with E-state index in [4.69, 9.17) is 0 Å². The van der Waals surface area contributed by atoms with Gasteiger partial charge in [-0.25, -0.2) is 0 Å². The van der Waals surface area contributed by atoms with Gasteiger partial charge in [-0.15, -0.1) is 11.3 Å². The van der Waals surface area contributed by atoms with E-state index >= 15 is 0 Å². The molecule has 92 valence electrons. The van der Waals surface area contributed by atoms with Crippen molar-refractivity contribution in [3.63, 3.8) is 0 Å². The Bertz CT molecular complexity index is 567. The first-order valence-electron chi connectivity index (χ1n) is 5.20. The average Bonchev–Trinajstić information content (AvgIpc) is 2.89. The number of rotatable bonds is 5. The number of thiophene rings is 1. The fourth-order valence-corrected chi connectivity index (χ4v) is 2.16. The van der Waals surface area contributed by atoms with Crippen molar-refractivity contribution >= 4 is 29.0 Å². The number of hydrogen-bond acceptors (Lipinski definition) is 5. The van der Waals surface area contributed by atoms with Gasteiger partial charge in [0.2, 0.25) is 0 Å². The summed E-state index contributed by atoms with van der Waals surface area (Å²) in [5.74, 6) is 0. The van der Waals surface area contributed by atoms with Crippen molar-refractivity contribution in [3.05, 3.63) is 56.3 Å². The van der Waals surface area contributed by atoms with Crippen LogP contribution >= 0.6 is 11.3 Å². The Morgan fingerprint density at radius 2 is 2.22 bits per heavy atom. The number of nitro benzene ring substituents is 1. The molecule has 0 bridgehead atoms. The molecule has 0 aliphatic carbocycles. The lowest BCUT2D eigenvalue weighted by Crippen LogP contribution is -2.02. The van der Waals surface area contributed by atoms with Crippen molar-refractivity contribution in [3.8, 4) is 0 Å². The van der Waals surface area contributed by atoms with Gasteiger partial charge in [-0.05, 0) is 23.6 Å². The van der Waals surface area contributed by atoms with Crippen LogP contribution < -0.4 is 5.32 Å². The van der Waals surface area contributed by atoms with Gasteiger partial charge in [0.05, 0.1) is 4.92 Å². The summed E-state index contributed by atoms with van der Waals surface area (Å²) in [6.45, 7) is 0.527. The highest BCUT2D eigenvalue weighted by Crippen LogP contribution is 2.26. The van der Waals surface area contributed by atoms with Crippen LogP contribution in [-0.4, -0.2) is 11.2 Å². The number of aldehydes is 1. The molecule has 6 heteroatoms. The predicted molar refractivity (Wildman–Crippen MR) is 70.1 cm³/mol.